The Labute approximate surface area is 110 Å². The van der Waals surface area contributed by atoms with Gasteiger partial charge in [-0.05, 0) is 12.1 Å². The van der Waals surface area contributed by atoms with Gasteiger partial charge in [-0.1, -0.05) is 40.9 Å². The molecule has 0 aliphatic heterocycles. The first-order chi connectivity index (χ1) is 5.41. The van der Waals surface area contributed by atoms with Gasteiger partial charge in [0, 0.05) is 10.5 Å². The van der Waals surface area contributed by atoms with Crippen LogP contribution in [0.2, 0.25) is 0 Å². The molecule has 1 aromatic rings. The Bertz CT molecular complexity index is 300. The second-order valence-corrected chi connectivity index (χ2v) is 4.96. The van der Waals surface area contributed by atoms with Crippen LogP contribution in [-0.4, -0.2) is 5.11 Å². The molecule has 0 heterocycles. The van der Waals surface area contributed by atoms with Crippen LogP contribution in [0, 0.1) is 0 Å². The average molecular weight is 309 g/mol. The number of thiol groups is 1. The Hall–Kier alpha value is 0.863. The molecule has 6 heteroatoms. The van der Waals surface area contributed by atoms with Crippen LogP contribution in [0.4, 0.5) is 0 Å². The third-order valence-corrected chi connectivity index (χ3v) is 2.34. The largest absolute Gasteiger partial charge is 2.00 e. The third-order valence-electron chi connectivity index (χ3n) is 1.30. The van der Waals surface area contributed by atoms with E-state index in [0.29, 0.717) is 10.5 Å². The molecule has 1 aromatic carbocycles. The van der Waals surface area contributed by atoms with E-state index < -0.39 is 3.79 Å². The molecule has 0 atom stereocenters. The monoisotopic (exact) mass is 306 g/mol. The number of halogens is 3. The molecule has 1 nitrogen and oxygen atoms in total. The third kappa shape index (κ3) is 3.85. The molecule has 0 saturated heterocycles. The fraction of sp³-hybridized carbons (Fsp3) is 0.143. The second-order valence-electron chi connectivity index (χ2n) is 2.20. The minimum atomic E-state index is -1.50. The number of hydrogen-bond acceptors (Lipinski definition) is 2. The van der Waals surface area contributed by atoms with E-state index >= 15 is 0 Å². The molecular weight excluding hydrogens is 304 g/mol. The van der Waals surface area contributed by atoms with E-state index in [1.165, 1.54) is 6.07 Å². The average Bonchev–Trinajstić information content (AvgIpc) is 1.92. The van der Waals surface area contributed by atoms with Crippen LogP contribution in [0.5, 0.6) is 5.75 Å². The van der Waals surface area contributed by atoms with Crippen molar-refractivity contribution in [1.82, 2.24) is 0 Å². The van der Waals surface area contributed by atoms with E-state index in [4.69, 9.17) is 34.8 Å². The van der Waals surface area contributed by atoms with Gasteiger partial charge in [0.1, 0.15) is 5.75 Å². The van der Waals surface area contributed by atoms with E-state index in [2.05, 4.69) is 12.6 Å². The van der Waals surface area contributed by atoms with Crippen molar-refractivity contribution in [3.63, 3.8) is 0 Å². The van der Waals surface area contributed by atoms with Crippen molar-refractivity contribution in [2.45, 2.75) is 8.69 Å². The number of phenolic OH excluding ortho intramolecular Hbond substituents is 1. The second kappa shape index (κ2) is 5.09. The van der Waals surface area contributed by atoms with Gasteiger partial charge in [-0.3, -0.25) is 0 Å². The van der Waals surface area contributed by atoms with Crippen molar-refractivity contribution in [3.8, 4) is 5.75 Å². The Kier molecular flexibility index (Phi) is 5.43. The van der Waals surface area contributed by atoms with Crippen molar-refractivity contribution in [3.05, 3.63) is 23.8 Å². The van der Waals surface area contributed by atoms with Gasteiger partial charge in [0.05, 0.1) is 0 Å². The van der Waals surface area contributed by atoms with Crippen LogP contribution < -0.4 is 0 Å². The number of hydrogen-bond donors (Lipinski definition) is 2. The minimum Gasteiger partial charge on any atom is -0.507 e. The summed E-state index contributed by atoms with van der Waals surface area (Å²) < 4.78 is -1.50. The maximum Gasteiger partial charge on any atom is 2.00 e. The molecule has 0 aliphatic carbocycles. The Morgan fingerprint density at radius 3 is 2.15 bits per heavy atom. The summed E-state index contributed by atoms with van der Waals surface area (Å²) in [6.45, 7) is 0. The first kappa shape index (κ1) is 13.9. The van der Waals surface area contributed by atoms with Crippen LogP contribution >= 0.6 is 47.4 Å². The van der Waals surface area contributed by atoms with Gasteiger partial charge in [-0.2, -0.15) is 0 Å². The maximum absolute atomic E-state index is 9.21. The fourth-order valence-electron chi connectivity index (χ4n) is 0.700. The molecule has 66 valence electrons. The Morgan fingerprint density at radius 2 is 1.77 bits per heavy atom. The van der Waals surface area contributed by atoms with Gasteiger partial charge in [0.2, 0.25) is 3.79 Å². The van der Waals surface area contributed by atoms with E-state index in [1.807, 2.05) is 0 Å². The molecule has 1 rings (SSSR count). The molecule has 0 amide bonds. The van der Waals surface area contributed by atoms with E-state index in [1.54, 1.807) is 12.1 Å². The van der Waals surface area contributed by atoms with Crippen molar-refractivity contribution in [2.75, 3.05) is 0 Å². The van der Waals surface area contributed by atoms with Gasteiger partial charge in [-0.25, -0.2) is 0 Å². The van der Waals surface area contributed by atoms with Crippen molar-refractivity contribution < 1.29 is 24.6 Å². The first-order valence-corrected chi connectivity index (χ1v) is 4.58. The number of rotatable bonds is 0. The fourth-order valence-corrected chi connectivity index (χ4v) is 1.19. The van der Waals surface area contributed by atoms with E-state index in [0.717, 1.165) is 0 Å². The molecule has 0 aliphatic rings. The van der Waals surface area contributed by atoms with Crippen LogP contribution in [0.15, 0.2) is 23.1 Å². The Balaban J connectivity index is 0.00000144. The number of benzene rings is 1. The molecule has 0 saturated carbocycles. The SMILES string of the molecule is Oc1cc(C(Cl)(Cl)Cl)ccc1S.[Zn+2]. The zero-order valence-corrected chi connectivity index (χ0v) is 12.6. The predicted octanol–water partition coefficient (Wildman–Crippen LogP) is 3.51. The summed E-state index contributed by atoms with van der Waals surface area (Å²) in [6.07, 6.45) is 0. The summed E-state index contributed by atoms with van der Waals surface area (Å²) in [5.41, 5.74) is 0.419. The van der Waals surface area contributed by atoms with Crippen LogP contribution in [0.25, 0.3) is 0 Å². The minimum absolute atomic E-state index is 0. The molecule has 0 aromatic heterocycles. The van der Waals surface area contributed by atoms with Gasteiger partial charge in [0.15, 0.2) is 0 Å². The molecule has 0 bridgehead atoms. The zero-order chi connectivity index (χ0) is 9.35. The molecule has 0 radical (unpaired) electrons. The van der Waals surface area contributed by atoms with Crippen LogP contribution in [0.1, 0.15) is 5.56 Å². The van der Waals surface area contributed by atoms with E-state index in [9.17, 15) is 5.11 Å². The Morgan fingerprint density at radius 1 is 1.23 bits per heavy atom. The summed E-state index contributed by atoms with van der Waals surface area (Å²) in [4.78, 5) is 0.452. The quantitative estimate of drug-likeness (QED) is 0.427. The molecule has 0 unspecified atom stereocenters. The van der Waals surface area contributed by atoms with Crippen molar-refractivity contribution in [1.29, 1.82) is 0 Å². The standard InChI is InChI=1S/C7H5Cl3OS.Zn/c8-7(9,10)4-1-2-6(12)5(11)3-4;/h1-3,11-12H;/q;+2. The topological polar surface area (TPSA) is 20.2 Å². The predicted molar refractivity (Wildman–Crippen MR) is 54.6 cm³/mol. The van der Waals surface area contributed by atoms with Crippen molar-refractivity contribution in [2.24, 2.45) is 0 Å². The van der Waals surface area contributed by atoms with Gasteiger partial charge >= 0.3 is 19.5 Å². The summed E-state index contributed by atoms with van der Waals surface area (Å²) in [6, 6.07) is 4.53. The number of aromatic hydroxyl groups is 1. The number of phenols is 1. The van der Waals surface area contributed by atoms with Gasteiger partial charge < -0.3 is 5.11 Å². The van der Waals surface area contributed by atoms with Crippen molar-refractivity contribution >= 4 is 47.4 Å². The smallest absolute Gasteiger partial charge is 0.507 e. The summed E-state index contributed by atoms with van der Waals surface area (Å²) in [5.74, 6) is 0.00200. The van der Waals surface area contributed by atoms with E-state index in [-0.39, 0.29) is 25.2 Å². The molecule has 1 N–H and O–H groups in total. The first-order valence-electron chi connectivity index (χ1n) is 3.00. The summed E-state index contributed by atoms with van der Waals surface area (Å²) in [7, 11) is 0. The van der Waals surface area contributed by atoms with Gasteiger partial charge in [0.25, 0.3) is 0 Å². The molecule has 0 fully saturated rings. The molecule has 13 heavy (non-hydrogen) atoms. The summed E-state index contributed by atoms with van der Waals surface area (Å²) in [5, 5.41) is 9.21. The molecule has 0 spiro atoms. The van der Waals surface area contributed by atoms with Gasteiger partial charge in [-0.15, -0.1) is 12.6 Å². The number of alkyl halides is 3. The molecular formula is C7H5Cl3OSZn+2. The normalized spacial score (nSPS) is 10.8. The summed E-state index contributed by atoms with van der Waals surface area (Å²) >= 11 is 20.7. The van der Waals surface area contributed by atoms with Crippen LogP contribution in [-0.2, 0) is 23.3 Å². The maximum atomic E-state index is 9.21. The zero-order valence-electron chi connectivity index (χ0n) is 6.47. The van der Waals surface area contributed by atoms with Crippen LogP contribution in [0.3, 0.4) is 0 Å².